The van der Waals surface area contributed by atoms with E-state index in [2.05, 4.69) is 10.3 Å². The molecule has 5 heteroatoms. The summed E-state index contributed by atoms with van der Waals surface area (Å²) in [4.78, 5) is 25.4. The number of H-pyrrole nitrogens is 1. The minimum atomic E-state index is -0.638. The Bertz CT molecular complexity index is 332. The molecule has 0 radical (unpaired) electrons. The summed E-state index contributed by atoms with van der Waals surface area (Å²) in [6.07, 6.45) is 1.64. The van der Waals surface area contributed by atoms with E-state index in [1.165, 1.54) is 0 Å². The number of aromatic nitrogens is 1. The van der Waals surface area contributed by atoms with Crippen molar-refractivity contribution in [1.82, 2.24) is 10.3 Å². The average molecular weight is 210 g/mol. The van der Waals surface area contributed by atoms with Crippen molar-refractivity contribution in [2.75, 3.05) is 6.61 Å². The number of carbonyl (C=O) groups is 2. The third kappa shape index (κ3) is 3.12. The molecule has 0 bridgehead atoms. The molecule has 82 valence electrons. The highest BCUT2D eigenvalue weighted by atomic mass is 16.5. The number of hydrogen-bond donors (Lipinski definition) is 2. The Morgan fingerprint density at radius 1 is 1.60 bits per heavy atom. The van der Waals surface area contributed by atoms with Gasteiger partial charge >= 0.3 is 5.97 Å². The highest BCUT2D eigenvalue weighted by Gasteiger charge is 2.17. The first-order chi connectivity index (χ1) is 7.15. The lowest BCUT2D eigenvalue weighted by Gasteiger charge is -2.11. The highest BCUT2D eigenvalue weighted by molar-refractivity contribution is 5.95. The van der Waals surface area contributed by atoms with E-state index in [1.807, 2.05) is 0 Å². The lowest BCUT2D eigenvalue weighted by atomic mass is 10.3. The van der Waals surface area contributed by atoms with Crippen LogP contribution in [0.1, 0.15) is 24.3 Å². The highest BCUT2D eigenvalue weighted by Crippen LogP contribution is 1.96. The van der Waals surface area contributed by atoms with Gasteiger partial charge in [0.15, 0.2) is 0 Å². The minimum Gasteiger partial charge on any atom is -0.464 e. The van der Waals surface area contributed by atoms with Gasteiger partial charge in [0.2, 0.25) is 0 Å². The van der Waals surface area contributed by atoms with Crippen LogP contribution >= 0.6 is 0 Å². The zero-order chi connectivity index (χ0) is 11.3. The lowest BCUT2D eigenvalue weighted by molar-refractivity contribution is -0.144. The van der Waals surface area contributed by atoms with Gasteiger partial charge in [-0.1, -0.05) is 0 Å². The Morgan fingerprint density at radius 3 is 2.87 bits per heavy atom. The molecule has 0 aromatic carbocycles. The summed E-state index contributed by atoms with van der Waals surface area (Å²) in [6.45, 7) is 3.61. The SMILES string of the molecule is CCOC(=O)C(C)NC(=O)c1ccc[nH]1. The monoisotopic (exact) mass is 210 g/mol. The van der Waals surface area contributed by atoms with Crippen LogP contribution < -0.4 is 5.32 Å². The van der Waals surface area contributed by atoms with Crippen LogP contribution in [-0.4, -0.2) is 29.5 Å². The third-order valence-electron chi connectivity index (χ3n) is 1.83. The Hall–Kier alpha value is -1.78. The van der Waals surface area contributed by atoms with Gasteiger partial charge in [0.25, 0.3) is 5.91 Å². The van der Waals surface area contributed by atoms with Crippen molar-refractivity contribution < 1.29 is 14.3 Å². The minimum absolute atomic E-state index is 0.307. The van der Waals surface area contributed by atoms with Crippen LogP contribution in [0.4, 0.5) is 0 Å². The average Bonchev–Trinajstić information content (AvgIpc) is 2.70. The fourth-order valence-electron chi connectivity index (χ4n) is 1.07. The first-order valence-corrected chi connectivity index (χ1v) is 4.76. The predicted octanol–water partition coefficient (Wildman–Crippen LogP) is 0.696. The molecular formula is C10H14N2O3. The van der Waals surface area contributed by atoms with Crippen LogP contribution in [0.5, 0.6) is 0 Å². The van der Waals surface area contributed by atoms with E-state index in [4.69, 9.17) is 4.74 Å². The fourth-order valence-corrected chi connectivity index (χ4v) is 1.07. The van der Waals surface area contributed by atoms with Crippen LogP contribution in [0, 0.1) is 0 Å². The molecular weight excluding hydrogens is 196 g/mol. The molecule has 1 heterocycles. The van der Waals surface area contributed by atoms with Gasteiger partial charge in [0.1, 0.15) is 11.7 Å². The molecule has 0 aliphatic carbocycles. The second-order valence-electron chi connectivity index (χ2n) is 3.03. The molecule has 0 aliphatic rings. The van der Waals surface area contributed by atoms with E-state index < -0.39 is 12.0 Å². The lowest BCUT2D eigenvalue weighted by Crippen LogP contribution is -2.39. The van der Waals surface area contributed by atoms with Crippen molar-refractivity contribution in [2.24, 2.45) is 0 Å². The van der Waals surface area contributed by atoms with Gasteiger partial charge < -0.3 is 15.0 Å². The maximum Gasteiger partial charge on any atom is 0.328 e. The number of carbonyl (C=O) groups excluding carboxylic acids is 2. The Labute approximate surface area is 87.8 Å². The van der Waals surface area contributed by atoms with Crippen molar-refractivity contribution in [3.63, 3.8) is 0 Å². The van der Waals surface area contributed by atoms with Crippen LogP contribution in [-0.2, 0) is 9.53 Å². The molecule has 1 rings (SSSR count). The second-order valence-corrected chi connectivity index (χ2v) is 3.03. The number of hydrogen-bond acceptors (Lipinski definition) is 3. The van der Waals surface area contributed by atoms with Crippen molar-refractivity contribution in [3.05, 3.63) is 24.0 Å². The first kappa shape index (κ1) is 11.3. The standard InChI is InChI=1S/C10H14N2O3/c1-3-15-10(14)7(2)12-9(13)8-5-4-6-11-8/h4-7,11H,3H2,1-2H3,(H,12,13). The topological polar surface area (TPSA) is 71.2 Å². The predicted molar refractivity (Wildman–Crippen MR) is 54.4 cm³/mol. The van der Waals surface area contributed by atoms with E-state index in [1.54, 1.807) is 32.2 Å². The molecule has 0 spiro atoms. The summed E-state index contributed by atoms with van der Waals surface area (Å²) in [5.41, 5.74) is 0.422. The van der Waals surface area contributed by atoms with Gasteiger partial charge in [-0.2, -0.15) is 0 Å². The van der Waals surface area contributed by atoms with Gasteiger partial charge in [-0.25, -0.2) is 4.79 Å². The van der Waals surface area contributed by atoms with Crippen LogP contribution in [0.25, 0.3) is 0 Å². The smallest absolute Gasteiger partial charge is 0.328 e. The quantitative estimate of drug-likeness (QED) is 0.718. The molecule has 2 N–H and O–H groups in total. The molecule has 5 nitrogen and oxygen atoms in total. The van der Waals surface area contributed by atoms with Crippen LogP contribution in [0.15, 0.2) is 18.3 Å². The zero-order valence-corrected chi connectivity index (χ0v) is 8.74. The molecule has 1 atom stereocenters. The largest absolute Gasteiger partial charge is 0.464 e. The summed E-state index contributed by atoms with van der Waals surface area (Å²) in [5.74, 6) is -0.752. The normalized spacial score (nSPS) is 11.9. The van der Waals surface area contributed by atoms with E-state index in [-0.39, 0.29) is 5.91 Å². The second kappa shape index (κ2) is 5.19. The molecule has 1 aromatic heterocycles. The summed E-state index contributed by atoms with van der Waals surface area (Å²) in [7, 11) is 0. The number of amides is 1. The molecule has 0 saturated heterocycles. The molecule has 15 heavy (non-hydrogen) atoms. The number of rotatable bonds is 4. The van der Waals surface area contributed by atoms with Crippen molar-refractivity contribution >= 4 is 11.9 Å². The third-order valence-corrected chi connectivity index (χ3v) is 1.83. The van der Waals surface area contributed by atoms with Gasteiger partial charge in [-0.3, -0.25) is 4.79 Å². The van der Waals surface area contributed by atoms with Gasteiger partial charge in [-0.15, -0.1) is 0 Å². The summed E-state index contributed by atoms with van der Waals surface area (Å²) in [5, 5.41) is 2.52. The number of ether oxygens (including phenoxy) is 1. The summed E-state index contributed by atoms with van der Waals surface area (Å²) < 4.78 is 4.76. The first-order valence-electron chi connectivity index (χ1n) is 4.76. The van der Waals surface area contributed by atoms with E-state index in [0.717, 1.165) is 0 Å². The molecule has 1 unspecified atom stereocenters. The fraction of sp³-hybridized carbons (Fsp3) is 0.400. The van der Waals surface area contributed by atoms with Crippen LogP contribution in [0.2, 0.25) is 0 Å². The van der Waals surface area contributed by atoms with Crippen molar-refractivity contribution in [3.8, 4) is 0 Å². The van der Waals surface area contributed by atoms with Crippen molar-refractivity contribution in [1.29, 1.82) is 0 Å². The number of esters is 1. The molecule has 0 saturated carbocycles. The Balaban J connectivity index is 2.48. The van der Waals surface area contributed by atoms with E-state index >= 15 is 0 Å². The Morgan fingerprint density at radius 2 is 2.33 bits per heavy atom. The molecule has 1 aromatic rings. The van der Waals surface area contributed by atoms with Gasteiger partial charge in [0, 0.05) is 6.20 Å². The Kier molecular flexibility index (Phi) is 3.91. The van der Waals surface area contributed by atoms with Gasteiger partial charge in [0.05, 0.1) is 6.61 Å². The van der Waals surface area contributed by atoms with E-state index in [9.17, 15) is 9.59 Å². The van der Waals surface area contributed by atoms with Crippen LogP contribution in [0.3, 0.4) is 0 Å². The number of aromatic amines is 1. The molecule has 0 fully saturated rings. The zero-order valence-electron chi connectivity index (χ0n) is 8.74. The number of nitrogens with one attached hydrogen (secondary N) is 2. The summed E-state index contributed by atoms with van der Waals surface area (Å²) >= 11 is 0. The maximum atomic E-state index is 11.5. The maximum absolute atomic E-state index is 11.5. The molecule has 1 amide bonds. The van der Waals surface area contributed by atoms with Gasteiger partial charge in [-0.05, 0) is 26.0 Å². The van der Waals surface area contributed by atoms with E-state index in [0.29, 0.717) is 12.3 Å². The molecule has 0 aliphatic heterocycles. The van der Waals surface area contributed by atoms with Crippen molar-refractivity contribution in [2.45, 2.75) is 19.9 Å². The summed E-state index contributed by atoms with van der Waals surface area (Å²) in [6, 6.07) is 2.71.